The van der Waals surface area contributed by atoms with Crippen molar-refractivity contribution in [3.05, 3.63) is 106 Å². The molecule has 0 bridgehead atoms. The first-order valence-electron chi connectivity index (χ1n) is 16.3. The number of hydrogen-bond donors (Lipinski definition) is 4. The Morgan fingerprint density at radius 1 is 0.940 bits per heavy atom. The minimum absolute atomic E-state index is 0.0134. The van der Waals surface area contributed by atoms with Crippen LogP contribution in [0.3, 0.4) is 0 Å². The normalized spacial score (nSPS) is 13.3. The first-order chi connectivity index (χ1) is 24.2. The van der Waals surface area contributed by atoms with Gasteiger partial charge in [0.05, 0.1) is 25.0 Å². The molecule has 1 atom stereocenters. The van der Waals surface area contributed by atoms with Gasteiger partial charge in [-0.05, 0) is 86.2 Å². The van der Waals surface area contributed by atoms with E-state index in [-0.39, 0.29) is 17.4 Å². The number of nitrogens with one attached hydrogen (secondary N) is 3. The highest BCUT2D eigenvalue weighted by atomic mass is 32.2. The van der Waals surface area contributed by atoms with Crippen LogP contribution >= 0.6 is 23.1 Å². The van der Waals surface area contributed by atoms with Crippen LogP contribution in [0.4, 0.5) is 10.7 Å². The lowest BCUT2D eigenvalue weighted by Gasteiger charge is -2.16. The lowest BCUT2D eigenvalue weighted by atomic mass is 10.1. The number of anilines is 2. The zero-order valence-electron chi connectivity index (χ0n) is 28.0. The third kappa shape index (κ3) is 8.93. The van der Waals surface area contributed by atoms with E-state index in [2.05, 4.69) is 16.0 Å². The van der Waals surface area contributed by atoms with E-state index in [1.54, 1.807) is 54.6 Å². The fraction of sp³-hybridized carbons (Fsp3) is 0.263. The number of aromatic hydroxyl groups is 1. The molecule has 0 saturated carbocycles. The zero-order valence-corrected chi connectivity index (χ0v) is 29.7. The quantitative estimate of drug-likeness (QED) is 0.0514. The van der Waals surface area contributed by atoms with Crippen molar-refractivity contribution in [3.8, 4) is 11.5 Å². The van der Waals surface area contributed by atoms with Gasteiger partial charge in [-0.2, -0.15) is 0 Å². The minimum atomic E-state index is -0.593. The zero-order chi connectivity index (χ0) is 35.6. The van der Waals surface area contributed by atoms with Crippen LogP contribution < -0.4 is 20.7 Å². The second kappa shape index (κ2) is 17.0. The number of aryl methyl sites for hydroxylation is 1. The summed E-state index contributed by atoms with van der Waals surface area (Å²) in [4.78, 5) is 55.0. The molecule has 4 N–H and O–H groups in total. The average Bonchev–Trinajstić information content (AvgIpc) is 3.29. The molecule has 0 saturated heterocycles. The SMILES string of the molecule is CCC(Sc1cccc(NC(=O)/C(=C\c2ccc(O)cc2OC)NC(=O)c2ccccc2)c1)C(=O)Nc1sc2c(c1C(=O)OC)CCCCC2. The summed E-state index contributed by atoms with van der Waals surface area (Å²) in [6.45, 7) is 1.91. The Kier molecular flexibility index (Phi) is 12.3. The largest absolute Gasteiger partial charge is 0.508 e. The number of phenolic OH excluding ortho intramolecular Hbond substituents is 1. The number of fused-ring (bicyclic) bond motifs is 1. The molecule has 0 spiro atoms. The van der Waals surface area contributed by atoms with Crippen molar-refractivity contribution in [2.45, 2.75) is 55.6 Å². The van der Waals surface area contributed by atoms with E-state index in [1.165, 1.54) is 55.5 Å². The van der Waals surface area contributed by atoms with Gasteiger partial charge in [-0.25, -0.2) is 4.79 Å². The van der Waals surface area contributed by atoms with Gasteiger partial charge in [-0.1, -0.05) is 37.6 Å². The van der Waals surface area contributed by atoms with Crippen molar-refractivity contribution in [2.24, 2.45) is 0 Å². The first-order valence-corrected chi connectivity index (χ1v) is 18.0. The van der Waals surface area contributed by atoms with Crippen molar-refractivity contribution in [1.82, 2.24) is 5.32 Å². The van der Waals surface area contributed by atoms with E-state index >= 15 is 0 Å². The fourth-order valence-electron chi connectivity index (χ4n) is 5.59. The number of hydrogen-bond acceptors (Lipinski definition) is 9. The first kappa shape index (κ1) is 36.2. The van der Waals surface area contributed by atoms with Gasteiger partial charge >= 0.3 is 5.97 Å². The van der Waals surface area contributed by atoms with Gasteiger partial charge in [0.2, 0.25) is 5.91 Å². The van der Waals surface area contributed by atoms with Crippen LogP contribution in [0.15, 0.2) is 83.4 Å². The molecule has 10 nitrogen and oxygen atoms in total. The lowest BCUT2D eigenvalue weighted by molar-refractivity contribution is -0.116. The summed E-state index contributed by atoms with van der Waals surface area (Å²) in [6.07, 6.45) is 6.78. The van der Waals surface area contributed by atoms with E-state index < -0.39 is 23.0 Å². The highest BCUT2D eigenvalue weighted by Gasteiger charge is 2.28. The molecular formula is C38H39N3O7S2. The number of carbonyl (C=O) groups excluding carboxylic acids is 4. The van der Waals surface area contributed by atoms with Crippen LogP contribution in [0.5, 0.6) is 11.5 Å². The fourth-order valence-corrected chi connectivity index (χ4v) is 7.88. The number of carbonyl (C=O) groups is 4. The van der Waals surface area contributed by atoms with Crippen molar-refractivity contribution in [1.29, 1.82) is 0 Å². The molecule has 1 heterocycles. The number of esters is 1. The summed E-state index contributed by atoms with van der Waals surface area (Å²) < 4.78 is 10.5. The second-order valence-electron chi connectivity index (χ2n) is 11.6. The molecule has 0 aliphatic heterocycles. The maximum absolute atomic E-state index is 13.7. The van der Waals surface area contributed by atoms with E-state index in [0.29, 0.717) is 39.5 Å². The summed E-state index contributed by atoms with van der Waals surface area (Å²) in [5, 5.41) is 18.5. The van der Waals surface area contributed by atoms with E-state index in [1.807, 2.05) is 13.0 Å². The summed E-state index contributed by atoms with van der Waals surface area (Å²) in [5.74, 6) is -1.46. The van der Waals surface area contributed by atoms with Gasteiger partial charge in [0, 0.05) is 32.7 Å². The van der Waals surface area contributed by atoms with Gasteiger partial charge in [-0.15, -0.1) is 23.1 Å². The highest BCUT2D eigenvalue weighted by Crippen LogP contribution is 2.39. The maximum atomic E-state index is 13.7. The summed E-state index contributed by atoms with van der Waals surface area (Å²) in [5.41, 5.74) is 2.66. The number of benzene rings is 3. The van der Waals surface area contributed by atoms with Crippen LogP contribution in [0.1, 0.15) is 69.3 Å². The van der Waals surface area contributed by atoms with Gasteiger partial charge in [0.15, 0.2) is 0 Å². The Bertz CT molecular complexity index is 1910. The molecule has 1 aromatic heterocycles. The van der Waals surface area contributed by atoms with Crippen LogP contribution in [-0.4, -0.2) is 48.3 Å². The number of phenols is 1. The average molecular weight is 714 g/mol. The number of rotatable bonds is 12. The van der Waals surface area contributed by atoms with Crippen LogP contribution in [0.2, 0.25) is 0 Å². The molecule has 3 amide bonds. The Morgan fingerprint density at radius 2 is 1.72 bits per heavy atom. The van der Waals surface area contributed by atoms with Crippen LogP contribution in [0.25, 0.3) is 6.08 Å². The van der Waals surface area contributed by atoms with Gasteiger partial charge in [0.25, 0.3) is 11.8 Å². The molecule has 4 aromatic rings. The standard InChI is InChI=1S/C38H39N3O7S2/c1-4-31(36(45)41-37-33(38(46)48-3)28-16-9-6-10-17-32(28)50-37)49-27-15-11-14-25(21-27)39-35(44)29(40-34(43)23-12-7-5-8-13-23)20-24-18-19-26(42)22-30(24)47-2/h5,7-8,11-15,18-22,31,42H,4,6,9-10,16-17H2,1-3H3,(H,39,44)(H,40,43)(H,41,45)/b29-20+. The Labute approximate surface area is 299 Å². The van der Waals surface area contributed by atoms with E-state index in [4.69, 9.17) is 9.47 Å². The number of amides is 3. The molecule has 12 heteroatoms. The van der Waals surface area contributed by atoms with Crippen LogP contribution in [-0.2, 0) is 27.2 Å². The lowest BCUT2D eigenvalue weighted by Crippen LogP contribution is -2.30. The van der Waals surface area contributed by atoms with Crippen molar-refractivity contribution >= 4 is 63.6 Å². The monoisotopic (exact) mass is 713 g/mol. The predicted molar refractivity (Wildman–Crippen MR) is 197 cm³/mol. The maximum Gasteiger partial charge on any atom is 0.341 e. The van der Waals surface area contributed by atoms with Crippen LogP contribution in [0, 0.1) is 0 Å². The molecule has 3 aromatic carbocycles. The second-order valence-corrected chi connectivity index (χ2v) is 13.9. The van der Waals surface area contributed by atoms with E-state index in [0.717, 1.165) is 47.4 Å². The topological polar surface area (TPSA) is 143 Å². The number of thioether (sulfide) groups is 1. The van der Waals surface area contributed by atoms with Crippen molar-refractivity contribution in [3.63, 3.8) is 0 Å². The smallest absolute Gasteiger partial charge is 0.341 e. The predicted octanol–water partition coefficient (Wildman–Crippen LogP) is 7.44. The molecule has 1 unspecified atom stereocenters. The van der Waals surface area contributed by atoms with Gasteiger partial charge < -0.3 is 30.5 Å². The van der Waals surface area contributed by atoms with Gasteiger partial charge in [0.1, 0.15) is 22.2 Å². The number of thiophene rings is 1. The molecule has 260 valence electrons. The van der Waals surface area contributed by atoms with Crippen molar-refractivity contribution in [2.75, 3.05) is 24.9 Å². The third-order valence-corrected chi connectivity index (χ3v) is 10.7. The van der Waals surface area contributed by atoms with Gasteiger partial charge in [-0.3, -0.25) is 14.4 Å². The number of ether oxygens (including phenoxy) is 2. The Morgan fingerprint density at radius 3 is 2.46 bits per heavy atom. The molecule has 1 aliphatic carbocycles. The molecule has 50 heavy (non-hydrogen) atoms. The third-order valence-electron chi connectivity index (χ3n) is 8.13. The number of methoxy groups -OCH3 is 2. The van der Waals surface area contributed by atoms with E-state index in [9.17, 15) is 24.3 Å². The van der Waals surface area contributed by atoms with Crippen molar-refractivity contribution < 1.29 is 33.8 Å². The minimum Gasteiger partial charge on any atom is -0.508 e. The molecular weight excluding hydrogens is 675 g/mol. The molecule has 5 rings (SSSR count). The summed E-state index contributed by atoms with van der Waals surface area (Å²) in [7, 11) is 2.79. The molecule has 0 fully saturated rings. The highest BCUT2D eigenvalue weighted by molar-refractivity contribution is 8.00. The summed E-state index contributed by atoms with van der Waals surface area (Å²) >= 11 is 2.80. The Hall–Kier alpha value is -5.07. The molecule has 1 aliphatic rings. The molecule has 0 radical (unpaired) electrons. The Balaban J connectivity index is 1.34. The summed E-state index contributed by atoms with van der Waals surface area (Å²) in [6, 6.07) is 20.0.